The van der Waals surface area contributed by atoms with E-state index in [9.17, 15) is 39.4 Å². The molecule has 0 saturated carbocycles. The van der Waals surface area contributed by atoms with Crippen molar-refractivity contribution in [2.75, 3.05) is 47.1 Å². The summed E-state index contributed by atoms with van der Waals surface area (Å²) >= 11 is 0. The molecule has 2 atom stereocenters. The van der Waals surface area contributed by atoms with E-state index in [4.69, 9.17) is 38.3 Å². The van der Waals surface area contributed by atoms with Crippen LogP contribution in [0.25, 0.3) is 0 Å². The molecule has 312 valence electrons. The second-order valence-corrected chi connectivity index (χ2v) is 14.0. The summed E-state index contributed by atoms with van der Waals surface area (Å²) in [5.74, 6) is -2.32. The molecule has 2 aromatic carbocycles. The maximum absolute atomic E-state index is 11.8. The topological polar surface area (TPSA) is 263 Å². The first kappa shape index (κ1) is 47.9. The van der Waals surface area contributed by atoms with Crippen LogP contribution in [0, 0.1) is 20.2 Å². The number of nitrogens with zero attached hydrogens (tertiary/aromatic N) is 2. The second kappa shape index (κ2) is 21.7. The Labute approximate surface area is 324 Å². The molecule has 0 fully saturated rings. The smallest absolute Gasteiger partial charge is 0.407 e. The fourth-order valence-electron chi connectivity index (χ4n) is 4.58. The minimum atomic E-state index is -1.22. The number of aliphatic carboxylic acids is 1. The van der Waals surface area contributed by atoms with E-state index in [0.717, 1.165) is 6.07 Å². The van der Waals surface area contributed by atoms with Crippen molar-refractivity contribution >= 4 is 35.5 Å². The highest BCUT2D eigenvalue weighted by Gasteiger charge is 2.27. The number of hydrogen-bond donors (Lipinski definition) is 3. The van der Waals surface area contributed by atoms with Crippen molar-refractivity contribution in [3.63, 3.8) is 0 Å². The van der Waals surface area contributed by atoms with E-state index in [1.165, 1.54) is 32.4 Å². The molecule has 0 aromatic heterocycles. The number of nitrogens with one attached hydrogen (secondary N) is 2. The molecule has 3 N–H and O–H groups in total. The number of methoxy groups -OCH3 is 2. The van der Waals surface area contributed by atoms with E-state index in [1.807, 2.05) is 0 Å². The van der Waals surface area contributed by atoms with Crippen molar-refractivity contribution in [2.45, 2.75) is 85.4 Å². The fraction of sp³-hybridized carbons (Fsp3) is 0.556. The van der Waals surface area contributed by atoms with Gasteiger partial charge in [-0.2, -0.15) is 0 Å². The van der Waals surface area contributed by atoms with Gasteiger partial charge in [-0.25, -0.2) is 19.2 Å². The summed E-state index contributed by atoms with van der Waals surface area (Å²) in [7, 11) is 2.72. The summed E-state index contributed by atoms with van der Waals surface area (Å²) in [6.07, 6.45) is -1.25. The lowest BCUT2D eigenvalue weighted by Crippen LogP contribution is -2.34. The third kappa shape index (κ3) is 16.9. The molecule has 20 heteroatoms. The molecule has 2 rings (SSSR count). The molecule has 0 spiro atoms. The highest BCUT2D eigenvalue weighted by atomic mass is 16.6. The summed E-state index contributed by atoms with van der Waals surface area (Å²) in [5, 5.41) is 36.8. The molecule has 0 aliphatic heterocycles. The molecule has 20 nitrogen and oxygen atoms in total. The number of ether oxygens (including phenoxy) is 7. The Balaban J connectivity index is 0.000000561. The standard InChI is InChI=1S/C19H28N2O8.C17H24N2O8/c1-7-27-17(22)11-28-16-9-14(21(24)25)13(8-15(16)26-6)12(2)10-20-18(23)29-19(3,4)5;1-10(8-18-16(22)27-17(2,3)4)11-6-13(25-5)14(26-9-15(20)21)7-12(11)19(23)24/h8-9,12H,7,10-11H2,1-6H3,(H,20,23);6-7,10H,8-9H2,1-5H3,(H,18,22)(H,20,21). The first-order valence-corrected chi connectivity index (χ1v) is 17.2. The van der Waals surface area contributed by atoms with Gasteiger partial charge in [0.25, 0.3) is 11.4 Å². The van der Waals surface area contributed by atoms with E-state index in [-0.39, 0.29) is 54.1 Å². The van der Waals surface area contributed by atoms with Gasteiger partial charge in [0.1, 0.15) is 11.2 Å². The number of benzene rings is 2. The van der Waals surface area contributed by atoms with Gasteiger partial charge in [0.15, 0.2) is 36.2 Å². The van der Waals surface area contributed by atoms with Gasteiger partial charge in [-0.1, -0.05) is 13.8 Å². The zero-order chi connectivity index (χ0) is 43.0. The van der Waals surface area contributed by atoms with E-state index < -0.39 is 70.2 Å². The van der Waals surface area contributed by atoms with Crippen LogP contribution in [-0.2, 0) is 23.8 Å². The molecule has 0 aliphatic rings. The number of carboxylic acids is 1. The second-order valence-electron chi connectivity index (χ2n) is 14.0. The van der Waals surface area contributed by atoms with Gasteiger partial charge < -0.3 is 48.9 Å². The molecule has 2 amide bonds. The van der Waals surface area contributed by atoms with Gasteiger partial charge in [-0.3, -0.25) is 20.2 Å². The van der Waals surface area contributed by atoms with Crippen molar-refractivity contribution in [1.82, 2.24) is 10.6 Å². The van der Waals surface area contributed by atoms with Crippen LogP contribution in [0.15, 0.2) is 24.3 Å². The van der Waals surface area contributed by atoms with Gasteiger partial charge >= 0.3 is 24.1 Å². The average Bonchev–Trinajstić information content (AvgIpc) is 3.09. The third-order valence-electron chi connectivity index (χ3n) is 6.99. The Kier molecular flexibility index (Phi) is 18.6. The van der Waals surface area contributed by atoms with Crippen LogP contribution in [0.4, 0.5) is 21.0 Å². The highest BCUT2D eigenvalue weighted by molar-refractivity contribution is 5.71. The molecule has 0 heterocycles. The van der Waals surface area contributed by atoms with Crippen molar-refractivity contribution in [1.29, 1.82) is 0 Å². The zero-order valence-electron chi connectivity index (χ0n) is 33.5. The van der Waals surface area contributed by atoms with E-state index >= 15 is 0 Å². The first-order valence-electron chi connectivity index (χ1n) is 17.2. The number of carbonyl (C=O) groups excluding carboxylic acids is 3. The summed E-state index contributed by atoms with van der Waals surface area (Å²) in [4.78, 5) is 67.6. The maximum Gasteiger partial charge on any atom is 0.407 e. The molecule has 2 unspecified atom stereocenters. The zero-order valence-corrected chi connectivity index (χ0v) is 33.5. The Hall–Kier alpha value is -6.08. The maximum atomic E-state index is 11.8. The SMILES string of the molecule is CCOC(=O)COc1cc([N+](=O)[O-])c(C(C)CNC(=O)OC(C)(C)C)cc1OC.COc1cc(C(C)CNC(=O)OC(C)(C)C)c([N+](=O)[O-])cc1OCC(=O)O. The van der Waals surface area contributed by atoms with Crippen molar-refractivity contribution in [2.24, 2.45) is 0 Å². The summed E-state index contributed by atoms with van der Waals surface area (Å²) < 4.78 is 35.8. The Morgan fingerprint density at radius 1 is 0.696 bits per heavy atom. The molecule has 0 saturated heterocycles. The van der Waals surface area contributed by atoms with Crippen LogP contribution in [0.2, 0.25) is 0 Å². The third-order valence-corrected chi connectivity index (χ3v) is 6.99. The molecule has 0 radical (unpaired) electrons. The predicted molar refractivity (Wildman–Crippen MR) is 200 cm³/mol. The van der Waals surface area contributed by atoms with Crippen LogP contribution in [0.3, 0.4) is 0 Å². The molecular formula is C36H52N4O16. The van der Waals surface area contributed by atoms with Crippen molar-refractivity contribution in [3.05, 3.63) is 55.6 Å². The number of amides is 2. The van der Waals surface area contributed by atoms with Crippen LogP contribution in [0.5, 0.6) is 23.0 Å². The number of esters is 1. The number of rotatable bonds is 17. The van der Waals surface area contributed by atoms with Crippen LogP contribution < -0.4 is 29.6 Å². The van der Waals surface area contributed by atoms with Gasteiger partial charge in [-0.15, -0.1) is 0 Å². The van der Waals surface area contributed by atoms with Crippen molar-refractivity contribution in [3.8, 4) is 23.0 Å². The largest absolute Gasteiger partial charge is 0.493 e. The Morgan fingerprint density at radius 3 is 1.38 bits per heavy atom. The van der Waals surface area contributed by atoms with E-state index in [0.29, 0.717) is 11.1 Å². The normalized spacial score (nSPS) is 12.0. The lowest BCUT2D eigenvalue weighted by molar-refractivity contribution is -0.385. The number of carboxylic acid groups (broad SMARTS) is 1. The average molecular weight is 797 g/mol. The number of nitro groups is 2. The minimum Gasteiger partial charge on any atom is -0.493 e. The quantitative estimate of drug-likeness (QED) is 0.0731. The summed E-state index contributed by atoms with van der Waals surface area (Å²) in [6.45, 7) is 14.8. The van der Waals surface area contributed by atoms with Crippen LogP contribution in [0.1, 0.15) is 85.3 Å². The Bertz CT molecular complexity index is 1700. The minimum absolute atomic E-state index is 0.0447. The van der Waals surface area contributed by atoms with Crippen LogP contribution in [-0.4, -0.2) is 97.4 Å². The molecule has 2 aromatic rings. The van der Waals surface area contributed by atoms with Gasteiger partial charge in [-0.05, 0) is 60.6 Å². The van der Waals surface area contributed by atoms with Crippen molar-refractivity contribution < 1.29 is 67.3 Å². The predicted octanol–water partition coefficient (Wildman–Crippen LogP) is 5.87. The summed E-state index contributed by atoms with van der Waals surface area (Å²) in [6, 6.07) is 5.16. The fourth-order valence-corrected chi connectivity index (χ4v) is 4.58. The van der Waals surface area contributed by atoms with Gasteiger partial charge in [0, 0.05) is 36.1 Å². The Morgan fingerprint density at radius 2 is 1.07 bits per heavy atom. The number of alkyl carbamates (subject to hydrolysis) is 2. The molecular weight excluding hydrogens is 744 g/mol. The number of hydrogen-bond acceptors (Lipinski definition) is 15. The summed E-state index contributed by atoms with van der Waals surface area (Å²) in [5.41, 5.74) is -1.16. The highest BCUT2D eigenvalue weighted by Crippen LogP contribution is 2.39. The lowest BCUT2D eigenvalue weighted by Gasteiger charge is -2.21. The van der Waals surface area contributed by atoms with Gasteiger partial charge in [0.2, 0.25) is 0 Å². The van der Waals surface area contributed by atoms with E-state index in [1.54, 1.807) is 62.3 Å². The molecule has 0 bridgehead atoms. The number of nitro benzene ring substituents is 2. The lowest BCUT2D eigenvalue weighted by atomic mass is 9.98. The molecule has 56 heavy (non-hydrogen) atoms. The van der Waals surface area contributed by atoms with Gasteiger partial charge in [0.05, 0.1) is 42.8 Å². The first-order chi connectivity index (χ1) is 25.9. The number of carbonyl (C=O) groups is 4. The molecule has 0 aliphatic carbocycles. The van der Waals surface area contributed by atoms with Crippen LogP contribution >= 0.6 is 0 Å². The monoisotopic (exact) mass is 796 g/mol. The van der Waals surface area contributed by atoms with E-state index in [2.05, 4.69) is 10.6 Å².